The van der Waals surface area contributed by atoms with Crippen LogP contribution in [0.25, 0.3) is 5.69 Å². The van der Waals surface area contributed by atoms with Gasteiger partial charge in [0.05, 0.1) is 11.3 Å². The molecule has 0 amide bonds. The number of aromatic nitrogens is 7. The van der Waals surface area contributed by atoms with Crippen molar-refractivity contribution in [3.8, 4) is 5.69 Å². The van der Waals surface area contributed by atoms with Crippen LogP contribution in [0.4, 0.5) is 25.1 Å². The molecule has 0 spiro atoms. The zero-order valence-corrected chi connectivity index (χ0v) is 12.5. The Morgan fingerprint density at radius 3 is 2.54 bits per heavy atom. The molecule has 0 saturated heterocycles. The zero-order valence-electron chi connectivity index (χ0n) is 11.7. The van der Waals surface area contributed by atoms with Crippen LogP contribution in [0.15, 0.2) is 12.1 Å². The van der Waals surface area contributed by atoms with Crippen LogP contribution in [0.3, 0.4) is 0 Å². The molecule has 0 bridgehead atoms. The lowest BCUT2D eigenvalue weighted by Crippen LogP contribution is -2.13. The van der Waals surface area contributed by atoms with Crippen molar-refractivity contribution in [3.05, 3.63) is 34.1 Å². The van der Waals surface area contributed by atoms with Crippen LogP contribution in [-0.4, -0.2) is 35.4 Å². The summed E-state index contributed by atoms with van der Waals surface area (Å²) in [6.07, 6.45) is -4.92. The molecule has 9 nitrogen and oxygen atoms in total. The zero-order chi connectivity index (χ0) is 17.5. The van der Waals surface area contributed by atoms with Crippen molar-refractivity contribution in [1.29, 1.82) is 0 Å². The molecular formula is C11H9ClF3N9. The monoisotopic (exact) mass is 359 g/mol. The third kappa shape index (κ3) is 2.95. The highest BCUT2D eigenvalue weighted by Crippen LogP contribution is 2.38. The predicted molar refractivity (Wildman–Crippen MR) is 77.2 cm³/mol. The number of halogens is 4. The second-order valence-electron chi connectivity index (χ2n) is 4.70. The van der Waals surface area contributed by atoms with Gasteiger partial charge in [-0.25, -0.2) is 0 Å². The fourth-order valence-electron chi connectivity index (χ4n) is 2.12. The number of nitrogens with one attached hydrogen (secondary N) is 1. The number of aromatic amines is 1. The van der Waals surface area contributed by atoms with Crippen LogP contribution in [-0.2, 0) is 12.6 Å². The largest absolute Gasteiger partial charge is 0.416 e. The predicted octanol–water partition coefficient (Wildman–Crippen LogP) is 1.21. The Morgan fingerprint density at radius 2 is 2.00 bits per heavy atom. The molecule has 1 aromatic carbocycles. The van der Waals surface area contributed by atoms with E-state index in [1.165, 1.54) is 6.07 Å². The molecule has 0 unspecified atom stereocenters. The average Bonchev–Trinajstić information content (AvgIpc) is 3.09. The highest BCUT2D eigenvalue weighted by molar-refractivity contribution is 6.31. The maximum Gasteiger partial charge on any atom is 0.416 e. The van der Waals surface area contributed by atoms with E-state index in [1.807, 2.05) is 0 Å². The summed E-state index contributed by atoms with van der Waals surface area (Å²) in [5.41, 5.74) is 9.79. The highest BCUT2D eigenvalue weighted by Gasteiger charge is 2.35. The summed E-state index contributed by atoms with van der Waals surface area (Å²) in [7, 11) is 0. The van der Waals surface area contributed by atoms with Crippen LogP contribution >= 0.6 is 11.6 Å². The van der Waals surface area contributed by atoms with E-state index in [0.717, 1.165) is 10.7 Å². The number of H-pyrrole nitrogens is 1. The number of tetrazole rings is 1. The highest BCUT2D eigenvalue weighted by atomic mass is 35.5. The van der Waals surface area contributed by atoms with Gasteiger partial charge in [-0.2, -0.15) is 28.1 Å². The van der Waals surface area contributed by atoms with Crippen molar-refractivity contribution in [2.75, 3.05) is 11.5 Å². The van der Waals surface area contributed by atoms with Gasteiger partial charge in [-0.3, -0.25) is 0 Å². The third-order valence-electron chi connectivity index (χ3n) is 3.10. The summed E-state index contributed by atoms with van der Waals surface area (Å²) in [5, 5.41) is 16.3. The molecule has 13 heteroatoms. The van der Waals surface area contributed by atoms with Gasteiger partial charge in [0.1, 0.15) is 0 Å². The number of hydrogen-bond donors (Lipinski definition) is 3. The van der Waals surface area contributed by atoms with E-state index in [4.69, 9.17) is 23.1 Å². The van der Waals surface area contributed by atoms with E-state index < -0.39 is 11.7 Å². The Bertz CT molecular complexity index is 872. The maximum atomic E-state index is 13.4. The molecule has 24 heavy (non-hydrogen) atoms. The fraction of sp³-hybridized carbons (Fsp3) is 0.182. The third-order valence-corrected chi connectivity index (χ3v) is 3.44. The smallest absolute Gasteiger partial charge is 0.368 e. The normalized spacial score (nSPS) is 11.8. The number of hydrogen-bond acceptors (Lipinski definition) is 7. The number of nitrogen functional groups attached to an aromatic ring is 2. The molecule has 2 aromatic heterocycles. The molecule has 0 radical (unpaired) electrons. The van der Waals surface area contributed by atoms with Gasteiger partial charge in [-0.15, -0.1) is 15.3 Å². The van der Waals surface area contributed by atoms with E-state index in [-0.39, 0.29) is 40.4 Å². The number of rotatable bonds is 3. The molecule has 126 valence electrons. The molecule has 0 aliphatic heterocycles. The van der Waals surface area contributed by atoms with E-state index in [0.29, 0.717) is 0 Å². The van der Waals surface area contributed by atoms with E-state index >= 15 is 0 Å². The Morgan fingerprint density at radius 1 is 1.25 bits per heavy atom. The van der Waals surface area contributed by atoms with Crippen LogP contribution in [0, 0.1) is 0 Å². The van der Waals surface area contributed by atoms with Gasteiger partial charge in [0.15, 0.2) is 5.82 Å². The first-order chi connectivity index (χ1) is 11.3. The SMILES string of the molecule is Nc1nc(N)n(-c2cc(Cl)c(Cc3nn[nH]n3)c(C(F)(F)F)c2)n1. The lowest BCUT2D eigenvalue weighted by atomic mass is 10.0. The Kier molecular flexibility index (Phi) is 3.75. The summed E-state index contributed by atoms with van der Waals surface area (Å²) < 4.78 is 41.3. The van der Waals surface area contributed by atoms with E-state index in [9.17, 15) is 13.2 Å². The molecule has 2 heterocycles. The molecule has 0 fully saturated rings. The first kappa shape index (κ1) is 16.0. The van der Waals surface area contributed by atoms with E-state index in [1.54, 1.807) is 0 Å². The van der Waals surface area contributed by atoms with Crippen LogP contribution in [0.5, 0.6) is 0 Å². The number of nitrogens with two attached hydrogens (primary N) is 2. The molecule has 0 atom stereocenters. The quantitative estimate of drug-likeness (QED) is 0.639. The minimum Gasteiger partial charge on any atom is -0.368 e. The summed E-state index contributed by atoms with van der Waals surface area (Å²) >= 11 is 6.05. The first-order valence-corrected chi connectivity index (χ1v) is 6.74. The minimum atomic E-state index is -4.67. The van der Waals surface area contributed by atoms with Crippen LogP contribution in [0.1, 0.15) is 17.0 Å². The second-order valence-corrected chi connectivity index (χ2v) is 5.10. The molecule has 5 N–H and O–H groups in total. The van der Waals surface area contributed by atoms with Crippen molar-refractivity contribution in [1.82, 2.24) is 35.4 Å². The van der Waals surface area contributed by atoms with E-state index in [2.05, 4.69) is 30.7 Å². The summed E-state index contributed by atoms with van der Waals surface area (Å²) in [6, 6.07) is 2.13. The van der Waals surface area contributed by atoms with Gasteiger partial charge in [0.2, 0.25) is 11.9 Å². The lowest BCUT2D eigenvalue weighted by molar-refractivity contribution is -0.138. The molecule has 0 aliphatic rings. The fourth-order valence-corrected chi connectivity index (χ4v) is 2.40. The Hall–Kier alpha value is -2.89. The molecule has 0 aliphatic carbocycles. The second kappa shape index (κ2) is 5.63. The van der Waals surface area contributed by atoms with Crippen molar-refractivity contribution < 1.29 is 13.2 Å². The summed E-state index contributed by atoms with van der Waals surface area (Å²) in [6.45, 7) is 0. The van der Waals surface area contributed by atoms with Gasteiger partial charge in [-0.1, -0.05) is 16.8 Å². The molecule has 3 rings (SSSR count). The van der Waals surface area contributed by atoms with Gasteiger partial charge < -0.3 is 11.5 Å². The van der Waals surface area contributed by atoms with Crippen molar-refractivity contribution in [3.63, 3.8) is 0 Å². The molecule has 0 saturated carbocycles. The number of benzene rings is 1. The van der Waals surface area contributed by atoms with Gasteiger partial charge in [0, 0.05) is 11.4 Å². The number of nitrogens with zero attached hydrogens (tertiary/aromatic N) is 6. The van der Waals surface area contributed by atoms with Gasteiger partial charge in [-0.05, 0) is 17.7 Å². The topological polar surface area (TPSA) is 137 Å². The van der Waals surface area contributed by atoms with Crippen molar-refractivity contribution >= 4 is 23.5 Å². The molecular weight excluding hydrogens is 351 g/mol. The van der Waals surface area contributed by atoms with Gasteiger partial charge >= 0.3 is 6.18 Å². The van der Waals surface area contributed by atoms with Crippen LogP contribution < -0.4 is 11.5 Å². The Labute approximate surface area is 136 Å². The van der Waals surface area contributed by atoms with Crippen molar-refractivity contribution in [2.24, 2.45) is 0 Å². The molecule has 3 aromatic rings. The van der Waals surface area contributed by atoms with Crippen molar-refractivity contribution in [2.45, 2.75) is 12.6 Å². The average molecular weight is 360 g/mol. The maximum absolute atomic E-state index is 13.4. The van der Waals surface area contributed by atoms with Crippen LogP contribution in [0.2, 0.25) is 5.02 Å². The number of anilines is 2. The summed E-state index contributed by atoms with van der Waals surface area (Å²) in [5.74, 6) is -0.268. The standard InChI is InChI=1S/C11H9ClF3N9/c12-7-2-4(24-10(17)18-9(16)21-24)1-6(11(13,14)15)5(7)3-8-19-22-23-20-8/h1-2H,3H2,(H4,16,17,18,21)(H,19,20,22,23). The Balaban J connectivity index is 2.15. The lowest BCUT2D eigenvalue weighted by Gasteiger charge is -2.15. The summed E-state index contributed by atoms with van der Waals surface area (Å²) in [4.78, 5) is 3.64. The number of alkyl halides is 3. The first-order valence-electron chi connectivity index (χ1n) is 6.36. The minimum absolute atomic E-state index is 0.0223. The van der Waals surface area contributed by atoms with Gasteiger partial charge in [0.25, 0.3) is 0 Å².